The van der Waals surface area contributed by atoms with Gasteiger partial charge in [-0.1, -0.05) is 44.2 Å². The summed E-state index contributed by atoms with van der Waals surface area (Å²) >= 11 is 0. The van der Waals surface area contributed by atoms with E-state index in [0.29, 0.717) is 11.5 Å². The van der Waals surface area contributed by atoms with Crippen LogP contribution in [0.2, 0.25) is 0 Å². The van der Waals surface area contributed by atoms with Crippen LogP contribution in [0.3, 0.4) is 0 Å². The number of hydrogen-bond donors (Lipinski definition) is 2. The Morgan fingerprint density at radius 3 is 2.33 bits per heavy atom. The molecule has 0 fully saturated rings. The fourth-order valence-corrected chi connectivity index (χ4v) is 2.39. The van der Waals surface area contributed by atoms with E-state index in [1.807, 2.05) is 37.3 Å². The molecule has 0 aliphatic carbocycles. The van der Waals surface area contributed by atoms with Gasteiger partial charge in [-0.25, -0.2) is 5.43 Å². The zero-order chi connectivity index (χ0) is 17.4. The Kier molecular flexibility index (Phi) is 6.55. The van der Waals surface area contributed by atoms with E-state index in [9.17, 15) is 4.79 Å². The molecule has 0 aromatic heterocycles. The molecule has 126 valence electrons. The van der Waals surface area contributed by atoms with E-state index in [4.69, 9.17) is 0 Å². The first-order valence-electron chi connectivity index (χ1n) is 8.26. The molecule has 0 saturated carbocycles. The van der Waals surface area contributed by atoms with Crippen molar-refractivity contribution in [3.63, 3.8) is 0 Å². The van der Waals surface area contributed by atoms with Crippen LogP contribution < -0.4 is 10.7 Å². The van der Waals surface area contributed by atoms with E-state index in [1.165, 1.54) is 5.56 Å². The average Bonchev–Trinajstić information content (AvgIpc) is 2.58. The van der Waals surface area contributed by atoms with Crippen molar-refractivity contribution in [2.75, 3.05) is 5.32 Å². The molecule has 2 aromatic carbocycles. The molecule has 1 amide bonds. The van der Waals surface area contributed by atoms with E-state index < -0.39 is 0 Å². The van der Waals surface area contributed by atoms with Crippen LogP contribution in [0.1, 0.15) is 43.1 Å². The predicted molar refractivity (Wildman–Crippen MR) is 100 cm³/mol. The predicted octanol–water partition coefficient (Wildman–Crippen LogP) is 4.45. The highest BCUT2D eigenvalue weighted by Crippen LogP contribution is 2.11. The standard InChI is InChI=1S/C20H25N3O/c1-15(2)13-16(3)22-23-20(24)18-9-11-19(12-10-18)21-14-17-7-5-4-6-8-17/h4-12,15,21H,13-14H2,1-3H3,(H,23,24)/b22-16+. The molecule has 0 aliphatic heterocycles. The fraction of sp³-hybridized carbons (Fsp3) is 0.300. The van der Waals surface area contributed by atoms with Gasteiger partial charge in [0.15, 0.2) is 0 Å². The summed E-state index contributed by atoms with van der Waals surface area (Å²) < 4.78 is 0. The third-order valence-electron chi connectivity index (χ3n) is 3.54. The van der Waals surface area contributed by atoms with E-state index in [0.717, 1.165) is 24.4 Å². The number of hydrazone groups is 1. The molecule has 4 heteroatoms. The molecule has 4 nitrogen and oxygen atoms in total. The lowest BCUT2D eigenvalue weighted by atomic mass is 10.1. The van der Waals surface area contributed by atoms with Gasteiger partial charge in [-0.2, -0.15) is 5.10 Å². The molecule has 0 bridgehead atoms. The Hall–Kier alpha value is -2.62. The van der Waals surface area contributed by atoms with Gasteiger partial charge in [0.25, 0.3) is 5.91 Å². The smallest absolute Gasteiger partial charge is 0.271 e. The molecule has 0 spiro atoms. The normalized spacial score (nSPS) is 11.4. The summed E-state index contributed by atoms with van der Waals surface area (Å²) in [4.78, 5) is 12.1. The number of nitrogens with zero attached hydrogens (tertiary/aromatic N) is 1. The summed E-state index contributed by atoms with van der Waals surface area (Å²) in [5.41, 5.74) is 6.34. The van der Waals surface area contributed by atoms with Crippen LogP contribution in [0.4, 0.5) is 5.69 Å². The third-order valence-corrected chi connectivity index (χ3v) is 3.54. The summed E-state index contributed by atoms with van der Waals surface area (Å²) in [5, 5.41) is 7.48. The number of hydrogen-bond acceptors (Lipinski definition) is 3. The highest BCUT2D eigenvalue weighted by atomic mass is 16.2. The molecular formula is C20H25N3O. The van der Waals surface area contributed by atoms with Gasteiger partial charge in [0.05, 0.1) is 0 Å². The molecule has 24 heavy (non-hydrogen) atoms. The van der Waals surface area contributed by atoms with Crippen LogP contribution in [-0.4, -0.2) is 11.6 Å². The minimum absolute atomic E-state index is 0.187. The summed E-state index contributed by atoms with van der Waals surface area (Å²) in [6.45, 7) is 6.94. The molecule has 2 N–H and O–H groups in total. The minimum atomic E-state index is -0.187. The Labute approximate surface area is 144 Å². The van der Waals surface area contributed by atoms with Crippen molar-refractivity contribution >= 4 is 17.3 Å². The van der Waals surface area contributed by atoms with Gasteiger partial charge in [0.1, 0.15) is 0 Å². The van der Waals surface area contributed by atoms with Crippen molar-refractivity contribution in [3.8, 4) is 0 Å². The maximum atomic E-state index is 12.1. The van der Waals surface area contributed by atoms with Crippen molar-refractivity contribution in [3.05, 3.63) is 65.7 Å². The minimum Gasteiger partial charge on any atom is -0.381 e. The molecular weight excluding hydrogens is 298 g/mol. The molecule has 0 aliphatic rings. The number of amides is 1. The van der Waals surface area contributed by atoms with Crippen molar-refractivity contribution in [2.45, 2.75) is 33.7 Å². The molecule has 0 radical (unpaired) electrons. The molecule has 0 heterocycles. The summed E-state index contributed by atoms with van der Waals surface area (Å²) in [6, 6.07) is 17.6. The Morgan fingerprint density at radius 2 is 1.71 bits per heavy atom. The van der Waals surface area contributed by atoms with Gasteiger partial charge >= 0.3 is 0 Å². The molecule has 2 rings (SSSR count). The largest absolute Gasteiger partial charge is 0.381 e. The fourth-order valence-electron chi connectivity index (χ4n) is 2.39. The third kappa shape index (κ3) is 5.88. The van der Waals surface area contributed by atoms with Gasteiger partial charge in [-0.3, -0.25) is 4.79 Å². The second kappa shape index (κ2) is 8.87. The van der Waals surface area contributed by atoms with Gasteiger partial charge in [-0.15, -0.1) is 0 Å². The summed E-state index contributed by atoms with van der Waals surface area (Å²) in [6.07, 6.45) is 0.878. The van der Waals surface area contributed by atoms with Gasteiger partial charge < -0.3 is 5.32 Å². The zero-order valence-corrected chi connectivity index (χ0v) is 14.5. The van der Waals surface area contributed by atoms with Crippen LogP contribution in [-0.2, 0) is 6.54 Å². The van der Waals surface area contributed by atoms with Crippen LogP contribution in [0.25, 0.3) is 0 Å². The lowest BCUT2D eigenvalue weighted by Gasteiger charge is -2.08. The molecule has 0 saturated heterocycles. The lowest BCUT2D eigenvalue weighted by Crippen LogP contribution is -2.19. The van der Waals surface area contributed by atoms with Crippen LogP contribution >= 0.6 is 0 Å². The SMILES string of the molecule is C/C(CC(C)C)=N\NC(=O)c1ccc(NCc2ccccc2)cc1. The Balaban J connectivity index is 1.88. The monoisotopic (exact) mass is 323 g/mol. The number of carbonyl (C=O) groups excluding carboxylic acids is 1. The topological polar surface area (TPSA) is 53.5 Å². The second-order valence-corrected chi connectivity index (χ2v) is 6.30. The highest BCUT2D eigenvalue weighted by molar-refractivity contribution is 5.95. The lowest BCUT2D eigenvalue weighted by molar-refractivity contribution is 0.0954. The van der Waals surface area contributed by atoms with E-state index >= 15 is 0 Å². The number of carbonyl (C=O) groups is 1. The number of rotatable bonds is 7. The van der Waals surface area contributed by atoms with Crippen molar-refractivity contribution < 1.29 is 4.79 Å². The van der Waals surface area contributed by atoms with Crippen molar-refractivity contribution in [1.29, 1.82) is 0 Å². The van der Waals surface area contributed by atoms with Gasteiger partial charge in [-0.05, 0) is 49.1 Å². The van der Waals surface area contributed by atoms with E-state index in [-0.39, 0.29) is 5.91 Å². The first-order chi connectivity index (χ1) is 11.5. The van der Waals surface area contributed by atoms with Crippen LogP contribution in [0.15, 0.2) is 59.7 Å². The number of nitrogens with one attached hydrogen (secondary N) is 2. The van der Waals surface area contributed by atoms with Gasteiger partial charge in [0.2, 0.25) is 0 Å². The molecule has 0 unspecified atom stereocenters. The first-order valence-corrected chi connectivity index (χ1v) is 8.26. The quantitative estimate of drug-likeness (QED) is 0.584. The van der Waals surface area contributed by atoms with Gasteiger partial charge in [0, 0.05) is 23.5 Å². The molecule has 0 atom stereocenters. The zero-order valence-electron chi connectivity index (χ0n) is 14.5. The number of benzene rings is 2. The Morgan fingerprint density at radius 1 is 1.04 bits per heavy atom. The first kappa shape index (κ1) is 17.7. The highest BCUT2D eigenvalue weighted by Gasteiger charge is 2.05. The Bertz CT molecular complexity index is 676. The summed E-state index contributed by atoms with van der Waals surface area (Å²) in [7, 11) is 0. The maximum absolute atomic E-state index is 12.1. The number of anilines is 1. The van der Waals surface area contributed by atoms with Crippen molar-refractivity contribution in [1.82, 2.24) is 5.43 Å². The molecule has 2 aromatic rings. The van der Waals surface area contributed by atoms with E-state index in [1.54, 1.807) is 12.1 Å². The maximum Gasteiger partial charge on any atom is 0.271 e. The summed E-state index contributed by atoms with van der Waals surface area (Å²) in [5.74, 6) is 0.341. The average molecular weight is 323 g/mol. The van der Waals surface area contributed by atoms with Crippen LogP contribution in [0, 0.1) is 5.92 Å². The second-order valence-electron chi connectivity index (χ2n) is 6.30. The van der Waals surface area contributed by atoms with E-state index in [2.05, 4.69) is 41.8 Å². The van der Waals surface area contributed by atoms with Crippen LogP contribution in [0.5, 0.6) is 0 Å². The van der Waals surface area contributed by atoms with Crippen molar-refractivity contribution in [2.24, 2.45) is 11.0 Å².